The van der Waals surface area contributed by atoms with Gasteiger partial charge in [-0.2, -0.15) is 0 Å². The number of Topliss-reactive ketones (excluding diaryl/α,β-unsaturated/α-hetero) is 1. The van der Waals surface area contributed by atoms with E-state index in [0.29, 0.717) is 42.6 Å². The van der Waals surface area contributed by atoms with Crippen LogP contribution in [0.25, 0.3) is 0 Å². The van der Waals surface area contributed by atoms with Crippen molar-refractivity contribution in [3.63, 3.8) is 0 Å². The topological polar surface area (TPSA) is 89.4 Å². The number of carbonyl (C=O) groups is 1. The average molecular weight is 517 g/mol. The molecule has 0 radical (unpaired) electrons. The number of ketones is 1. The van der Waals surface area contributed by atoms with Gasteiger partial charge in [0.25, 0.3) is 0 Å². The standard InChI is InChI=1S/C30H46FN3O3/c1-4-37-18-30(36)14-12-21-19(16-30)5-7-23-22(21)11-13-29(2)24(23)8-9-25(29)28(35)17-34(32)27-10-6-20(31)15-26(27)33-3/h6,10,15,19,21-25,33,36H,4-5,7-9,11-14,16-18,32H2,1-3H3/p+1. The molecular formula is C30H47FN3O3+. The summed E-state index contributed by atoms with van der Waals surface area (Å²) >= 11 is 0. The van der Waals surface area contributed by atoms with Crippen LogP contribution in [-0.4, -0.2) is 43.3 Å². The summed E-state index contributed by atoms with van der Waals surface area (Å²) in [5.74, 6) is 7.58. The number of anilines is 2. The van der Waals surface area contributed by atoms with E-state index in [2.05, 4.69) is 18.1 Å². The number of rotatable bonds is 8. The van der Waals surface area contributed by atoms with Crippen molar-refractivity contribution in [3.8, 4) is 0 Å². The number of carbonyl (C=O) groups excluding carboxylic acids is 1. The second-order valence-electron chi connectivity index (χ2n) is 12.8. The molecule has 0 amide bonds. The number of hydrogen-bond donors (Lipinski definition) is 3. The van der Waals surface area contributed by atoms with Gasteiger partial charge >= 0.3 is 0 Å². The Hall–Kier alpha value is -1.70. The Balaban J connectivity index is 1.25. The molecule has 0 spiro atoms. The molecule has 4 saturated carbocycles. The zero-order valence-corrected chi connectivity index (χ0v) is 23.0. The molecule has 4 aliphatic carbocycles. The number of halogens is 1. The Kier molecular flexibility index (Phi) is 7.60. The molecule has 1 aromatic rings. The number of aliphatic hydroxyl groups is 1. The van der Waals surface area contributed by atoms with Crippen LogP contribution in [-0.2, 0) is 9.53 Å². The van der Waals surface area contributed by atoms with E-state index >= 15 is 0 Å². The zero-order chi connectivity index (χ0) is 26.4. The Bertz CT molecular complexity index is 991. The van der Waals surface area contributed by atoms with E-state index in [1.165, 1.54) is 31.4 Å². The lowest BCUT2D eigenvalue weighted by Crippen LogP contribution is -2.70. The molecule has 6 nitrogen and oxygen atoms in total. The number of fused-ring (bicyclic) bond motifs is 5. The Labute approximate surface area is 221 Å². The molecule has 0 saturated heterocycles. The summed E-state index contributed by atoms with van der Waals surface area (Å²) in [5.41, 5.74) is 0.817. The van der Waals surface area contributed by atoms with Crippen LogP contribution in [0.15, 0.2) is 18.2 Å². The zero-order valence-electron chi connectivity index (χ0n) is 23.0. The number of benzene rings is 1. The van der Waals surface area contributed by atoms with Crippen molar-refractivity contribution >= 4 is 17.2 Å². The maximum absolute atomic E-state index is 13.7. The van der Waals surface area contributed by atoms with Gasteiger partial charge < -0.3 is 15.2 Å². The van der Waals surface area contributed by atoms with Crippen LogP contribution in [0.2, 0.25) is 0 Å². The summed E-state index contributed by atoms with van der Waals surface area (Å²) in [6, 6.07) is 4.57. The first-order valence-corrected chi connectivity index (χ1v) is 14.6. The van der Waals surface area contributed by atoms with Gasteiger partial charge in [0.2, 0.25) is 0 Å². The summed E-state index contributed by atoms with van der Waals surface area (Å²) < 4.78 is 19.3. The third-order valence-electron chi connectivity index (χ3n) is 11.0. The van der Waals surface area contributed by atoms with Gasteiger partial charge in [-0.15, -0.1) is 0 Å². The van der Waals surface area contributed by atoms with Crippen LogP contribution in [0.3, 0.4) is 0 Å². The third kappa shape index (κ3) is 4.92. The lowest BCUT2D eigenvalue weighted by atomic mass is 9.49. The number of hydrogen-bond acceptors (Lipinski definition) is 5. The molecule has 7 heteroatoms. The molecule has 0 aliphatic heterocycles. The minimum Gasteiger partial charge on any atom is -0.387 e. The van der Waals surface area contributed by atoms with E-state index in [9.17, 15) is 14.3 Å². The monoisotopic (exact) mass is 516 g/mol. The average Bonchev–Trinajstić information content (AvgIpc) is 3.24. The minimum atomic E-state index is -0.643. The number of nitrogens with zero attached hydrogens (tertiary/aromatic N) is 1. The van der Waals surface area contributed by atoms with Gasteiger partial charge in [0, 0.05) is 19.6 Å². The van der Waals surface area contributed by atoms with Crippen molar-refractivity contribution in [2.45, 2.75) is 77.2 Å². The fourth-order valence-corrected chi connectivity index (χ4v) is 9.28. The fourth-order valence-electron chi connectivity index (χ4n) is 9.28. The second-order valence-corrected chi connectivity index (χ2v) is 12.8. The van der Waals surface area contributed by atoms with Crippen molar-refractivity contribution in [1.82, 2.24) is 0 Å². The van der Waals surface area contributed by atoms with Crippen LogP contribution in [0, 0.1) is 46.7 Å². The smallest absolute Gasteiger partial charge is 0.161 e. The molecular weight excluding hydrogens is 469 g/mol. The molecule has 1 aromatic carbocycles. The van der Waals surface area contributed by atoms with Crippen molar-refractivity contribution < 1.29 is 24.9 Å². The van der Waals surface area contributed by atoms with Crippen LogP contribution in [0.4, 0.5) is 15.8 Å². The van der Waals surface area contributed by atoms with Crippen molar-refractivity contribution in [1.29, 1.82) is 0 Å². The number of quaternary nitrogens is 1. The maximum Gasteiger partial charge on any atom is 0.161 e. The first-order valence-electron chi connectivity index (χ1n) is 14.6. The predicted molar refractivity (Wildman–Crippen MR) is 143 cm³/mol. The Morgan fingerprint density at radius 1 is 1.16 bits per heavy atom. The van der Waals surface area contributed by atoms with Gasteiger partial charge in [-0.3, -0.25) is 10.6 Å². The van der Waals surface area contributed by atoms with Gasteiger partial charge in [0.15, 0.2) is 5.78 Å². The number of ether oxygens (including phenoxy) is 1. The SMILES string of the molecule is CCOCC1(O)CCC2C(CCC3C2CCC2(C)C(C(=O)CN([NH3+])c4ccc(F)cc4NC)CCC32)C1. The molecule has 4 fully saturated rings. The highest BCUT2D eigenvalue weighted by Gasteiger charge is 2.59. The van der Waals surface area contributed by atoms with E-state index in [-0.39, 0.29) is 29.5 Å². The third-order valence-corrected chi connectivity index (χ3v) is 11.0. The highest BCUT2D eigenvalue weighted by molar-refractivity contribution is 5.87. The molecule has 5 N–H and O–H groups in total. The summed E-state index contributed by atoms with van der Waals surface area (Å²) in [7, 11) is 1.76. The van der Waals surface area contributed by atoms with Crippen molar-refractivity contribution in [2.75, 3.05) is 37.1 Å². The summed E-state index contributed by atoms with van der Waals surface area (Å²) in [6.07, 6.45) is 9.76. The summed E-state index contributed by atoms with van der Waals surface area (Å²) in [6.45, 7) is 5.78. The van der Waals surface area contributed by atoms with Gasteiger partial charge in [-0.25, -0.2) is 9.40 Å². The van der Waals surface area contributed by atoms with E-state index in [1.54, 1.807) is 18.1 Å². The molecule has 4 aliphatic rings. The van der Waals surface area contributed by atoms with Crippen molar-refractivity contribution in [3.05, 3.63) is 24.0 Å². The Morgan fingerprint density at radius 3 is 2.70 bits per heavy atom. The van der Waals surface area contributed by atoms with E-state index in [0.717, 1.165) is 50.1 Å². The molecule has 206 valence electrons. The second kappa shape index (κ2) is 10.5. The normalized spacial score (nSPS) is 38.9. The molecule has 0 aromatic heterocycles. The summed E-state index contributed by atoms with van der Waals surface area (Å²) in [5, 5.41) is 15.9. The Morgan fingerprint density at radius 2 is 1.95 bits per heavy atom. The highest BCUT2D eigenvalue weighted by Crippen LogP contribution is 2.64. The first kappa shape index (κ1) is 26.9. The van der Waals surface area contributed by atoms with Gasteiger partial charge in [0.1, 0.15) is 18.0 Å². The van der Waals surface area contributed by atoms with E-state index in [4.69, 9.17) is 4.74 Å². The lowest BCUT2D eigenvalue weighted by Gasteiger charge is -2.57. The quantitative estimate of drug-likeness (QED) is 0.445. The van der Waals surface area contributed by atoms with Gasteiger partial charge in [-0.05, 0) is 118 Å². The van der Waals surface area contributed by atoms with Crippen molar-refractivity contribution in [2.24, 2.45) is 40.9 Å². The number of nitrogens with one attached hydrogen (secondary N) is 1. The lowest BCUT2D eigenvalue weighted by molar-refractivity contribution is -0.383. The van der Waals surface area contributed by atoms with Crippen LogP contribution in [0.5, 0.6) is 0 Å². The summed E-state index contributed by atoms with van der Waals surface area (Å²) in [4.78, 5) is 13.7. The molecule has 8 unspecified atom stereocenters. The molecule has 0 heterocycles. The van der Waals surface area contributed by atoms with Crippen LogP contribution in [0.1, 0.15) is 71.6 Å². The predicted octanol–water partition coefficient (Wildman–Crippen LogP) is 4.44. The first-order chi connectivity index (χ1) is 17.7. The molecule has 0 bridgehead atoms. The van der Waals surface area contributed by atoms with Gasteiger partial charge in [-0.1, -0.05) is 6.92 Å². The molecule has 8 atom stereocenters. The van der Waals surface area contributed by atoms with Gasteiger partial charge in [0.05, 0.1) is 17.9 Å². The fraction of sp³-hybridized carbons (Fsp3) is 0.767. The molecule has 5 rings (SSSR count). The van der Waals surface area contributed by atoms with E-state index in [1.807, 2.05) is 6.92 Å². The highest BCUT2D eigenvalue weighted by atomic mass is 19.1. The maximum atomic E-state index is 13.7. The minimum absolute atomic E-state index is 0.0604. The largest absolute Gasteiger partial charge is 0.387 e. The molecule has 37 heavy (non-hydrogen) atoms. The van der Waals surface area contributed by atoms with Crippen LogP contribution >= 0.6 is 0 Å². The van der Waals surface area contributed by atoms with Crippen LogP contribution < -0.4 is 16.2 Å². The van der Waals surface area contributed by atoms with E-state index < -0.39 is 5.60 Å².